The fourth-order valence-corrected chi connectivity index (χ4v) is 1.31. The number of aryl methyl sites for hydroxylation is 1. The Morgan fingerprint density at radius 2 is 2.18 bits per heavy atom. The number of methoxy groups -OCH3 is 1. The highest BCUT2D eigenvalue weighted by Crippen LogP contribution is 2.30. The van der Waals surface area contributed by atoms with E-state index >= 15 is 0 Å². The molecule has 0 aliphatic rings. The van der Waals surface area contributed by atoms with E-state index in [0.717, 1.165) is 0 Å². The van der Waals surface area contributed by atoms with Crippen molar-refractivity contribution >= 4 is 11.7 Å². The molecule has 0 radical (unpaired) electrons. The Kier molecular flexibility index (Phi) is 4.45. The normalized spacial score (nSPS) is 9.76. The number of para-hydroxylation sites is 1. The largest absolute Gasteiger partial charge is 0.486 e. The third-order valence-electron chi connectivity index (χ3n) is 2.17. The first-order valence-electron chi connectivity index (χ1n) is 5.00. The lowest BCUT2D eigenvalue weighted by Crippen LogP contribution is -2.09. The molecule has 0 fully saturated rings. The average molecular weight is 239 g/mol. The molecule has 0 unspecified atom stereocenters. The van der Waals surface area contributed by atoms with Crippen molar-refractivity contribution in [2.75, 3.05) is 13.7 Å². The van der Waals surface area contributed by atoms with Gasteiger partial charge in [0.05, 0.1) is 25.1 Å². The van der Waals surface area contributed by atoms with Crippen LogP contribution in [0.3, 0.4) is 0 Å². The zero-order valence-electron chi connectivity index (χ0n) is 9.63. The minimum Gasteiger partial charge on any atom is -0.486 e. The maximum Gasteiger partial charge on any atom is 0.311 e. The van der Waals surface area contributed by atoms with Gasteiger partial charge in [-0.3, -0.25) is 14.9 Å². The van der Waals surface area contributed by atoms with E-state index in [4.69, 9.17) is 4.74 Å². The molecule has 6 heteroatoms. The summed E-state index contributed by atoms with van der Waals surface area (Å²) in [6, 6.07) is 4.65. The monoisotopic (exact) mass is 239 g/mol. The fraction of sp³-hybridized carbons (Fsp3) is 0.364. The summed E-state index contributed by atoms with van der Waals surface area (Å²) in [5.41, 5.74) is 0.555. The minimum atomic E-state index is -0.513. The Morgan fingerprint density at radius 1 is 1.47 bits per heavy atom. The average Bonchev–Trinajstić information content (AvgIpc) is 2.30. The summed E-state index contributed by atoms with van der Waals surface area (Å²) in [5.74, 6) is -0.220. The van der Waals surface area contributed by atoms with Gasteiger partial charge >= 0.3 is 11.7 Å². The molecule has 0 spiro atoms. The highest BCUT2D eigenvalue weighted by Gasteiger charge is 2.17. The molecule has 0 saturated carbocycles. The van der Waals surface area contributed by atoms with Gasteiger partial charge in [0.2, 0.25) is 0 Å². The SMILES string of the molecule is COC(=O)CCOc1c(C)cccc1[N+](=O)[O-]. The number of carbonyl (C=O) groups is 1. The molecule has 0 heterocycles. The van der Waals surface area contributed by atoms with Gasteiger partial charge in [-0.05, 0) is 12.5 Å². The van der Waals surface area contributed by atoms with E-state index < -0.39 is 10.9 Å². The number of benzene rings is 1. The molecule has 0 amide bonds. The maximum atomic E-state index is 10.9. The Bertz CT molecular complexity index is 430. The second-order valence-electron chi connectivity index (χ2n) is 3.35. The number of nitrogens with zero attached hydrogens (tertiary/aromatic N) is 1. The van der Waals surface area contributed by atoms with Crippen molar-refractivity contribution in [2.24, 2.45) is 0 Å². The van der Waals surface area contributed by atoms with E-state index in [-0.39, 0.29) is 24.5 Å². The molecule has 6 nitrogen and oxygen atoms in total. The number of nitro benzene ring substituents is 1. The molecule has 0 atom stereocenters. The third-order valence-corrected chi connectivity index (χ3v) is 2.17. The zero-order chi connectivity index (χ0) is 12.8. The van der Waals surface area contributed by atoms with Gasteiger partial charge in [0.1, 0.15) is 0 Å². The summed E-state index contributed by atoms with van der Waals surface area (Å²) in [5, 5.41) is 10.8. The van der Waals surface area contributed by atoms with Crippen LogP contribution in [0, 0.1) is 17.0 Å². The summed E-state index contributed by atoms with van der Waals surface area (Å²) >= 11 is 0. The van der Waals surface area contributed by atoms with E-state index in [2.05, 4.69) is 4.74 Å². The van der Waals surface area contributed by atoms with Crippen LogP contribution in [0.4, 0.5) is 5.69 Å². The molecule has 0 aliphatic carbocycles. The van der Waals surface area contributed by atoms with Crippen molar-refractivity contribution in [2.45, 2.75) is 13.3 Å². The van der Waals surface area contributed by atoms with Gasteiger partial charge < -0.3 is 9.47 Å². The van der Waals surface area contributed by atoms with E-state index in [9.17, 15) is 14.9 Å². The number of ether oxygens (including phenoxy) is 2. The lowest BCUT2D eigenvalue weighted by Gasteiger charge is -2.08. The molecule has 1 aromatic carbocycles. The van der Waals surface area contributed by atoms with Crippen LogP contribution < -0.4 is 4.74 Å². The van der Waals surface area contributed by atoms with Gasteiger partial charge in [0, 0.05) is 6.07 Å². The Balaban J connectivity index is 2.76. The van der Waals surface area contributed by atoms with Gasteiger partial charge in [-0.1, -0.05) is 12.1 Å². The Hall–Kier alpha value is -2.11. The maximum absolute atomic E-state index is 10.9. The molecular formula is C11H13NO5. The smallest absolute Gasteiger partial charge is 0.311 e. The molecule has 0 aromatic heterocycles. The number of hydrogen-bond donors (Lipinski definition) is 0. The Labute approximate surface area is 98.3 Å². The number of hydrogen-bond acceptors (Lipinski definition) is 5. The van der Waals surface area contributed by atoms with Crippen LogP contribution in [-0.4, -0.2) is 24.6 Å². The fourth-order valence-electron chi connectivity index (χ4n) is 1.31. The lowest BCUT2D eigenvalue weighted by molar-refractivity contribution is -0.385. The van der Waals surface area contributed by atoms with Crippen LogP contribution in [-0.2, 0) is 9.53 Å². The number of rotatable bonds is 5. The van der Waals surface area contributed by atoms with Gasteiger partial charge in [-0.25, -0.2) is 0 Å². The van der Waals surface area contributed by atoms with Gasteiger partial charge in [-0.2, -0.15) is 0 Å². The van der Waals surface area contributed by atoms with Crippen LogP contribution in [0.2, 0.25) is 0 Å². The number of esters is 1. The topological polar surface area (TPSA) is 78.7 Å². The highest BCUT2D eigenvalue weighted by atomic mass is 16.6. The molecule has 1 aromatic rings. The first-order valence-corrected chi connectivity index (χ1v) is 5.00. The lowest BCUT2D eigenvalue weighted by atomic mass is 10.2. The van der Waals surface area contributed by atoms with Crippen molar-refractivity contribution in [3.63, 3.8) is 0 Å². The predicted molar refractivity (Wildman–Crippen MR) is 60.0 cm³/mol. The minimum absolute atomic E-state index is 0.0539. The van der Waals surface area contributed by atoms with Crippen molar-refractivity contribution < 1.29 is 19.2 Å². The molecule has 0 N–H and O–H groups in total. The van der Waals surface area contributed by atoms with Crippen molar-refractivity contribution in [3.8, 4) is 5.75 Å². The number of carbonyl (C=O) groups excluding carboxylic acids is 1. The predicted octanol–water partition coefficient (Wildman–Crippen LogP) is 1.85. The summed E-state index contributed by atoms with van der Waals surface area (Å²) < 4.78 is 9.70. The van der Waals surface area contributed by atoms with Crippen LogP contribution in [0.15, 0.2) is 18.2 Å². The van der Waals surface area contributed by atoms with Gasteiger partial charge in [-0.15, -0.1) is 0 Å². The molecular weight excluding hydrogens is 226 g/mol. The number of nitro groups is 1. The summed E-state index contributed by atoms with van der Waals surface area (Å²) in [4.78, 5) is 21.1. The molecule has 0 aliphatic heterocycles. The first-order chi connectivity index (χ1) is 8.06. The van der Waals surface area contributed by atoms with E-state index in [1.807, 2.05) is 0 Å². The zero-order valence-corrected chi connectivity index (χ0v) is 9.63. The van der Waals surface area contributed by atoms with Crippen LogP contribution in [0.1, 0.15) is 12.0 Å². The van der Waals surface area contributed by atoms with Crippen molar-refractivity contribution in [1.82, 2.24) is 0 Å². The van der Waals surface area contributed by atoms with Crippen molar-refractivity contribution in [3.05, 3.63) is 33.9 Å². The molecule has 92 valence electrons. The molecule has 0 saturated heterocycles. The van der Waals surface area contributed by atoms with E-state index in [0.29, 0.717) is 5.56 Å². The Morgan fingerprint density at radius 3 is 2.76 bits per heavy atom. The van der Waals surface area contributed by atoms with Crippen LogP contribution in [0.25, 0.3) is 0 Å². The van der Waals surface area contributed by atoms with Gasteiger partial charge in [0.25, 0.3) is 0 Å². The summed E-state index contributed by atoms with van der Waals surface area (Å²) in [6.45, 7) is 1.76. The highest BCUT2D eigenvalue weighted by molar-refractivity contribution is 5.69. The first kappa shape index (κ1) is 13.0. The van der Waals surface area contributed by atoms with Crippen LogP contribution >= 0.6 is 0 Å². The van der Waals surface area contributed by atoms with E-state index in [1.165, 1.54) is 13.2 Å². The molecule has 17 heavy (non-hydrogen) atoms. The molecule has 1 rings (SSSR count). The second kappa shape index (κ2) is 5.83. The van der Waals surface area contributed by atoms with Crippen LogP contribution in [0.5, 0.6) is 5.75 Å². The standard InChI is InChI=1S/C11H13NO5/c1-8-4-3-5-9(12(14)15)11(8)17-7-6-10(13)16-2/h3-5H,6-7H2,1-2H3. The second-order valence-corrected chi connectivity index (χ2v) is 3.35. The summed E-state index contributed by atoms with van der Waals surface area (Å²) in [6.07, 6.45) is 0.0575. The molecule has 0 bridgehead atoms. The quantitative estimate of drug-likeness (QED) is 0.445. The van der Waals surface area contributed by atoms with E-state index in [1.54, 1.807) is 19.1 Å². The van der Waals surface area contributed by atoms with Gasteiger partial charge in [0.15, 0.2) is 5.75 Å². The summed E-state index contributed by atoms with van der Waals surface area (Å²) in [7, 11) is 1.28. The van der Waals surface area contributed by atoms with Crippen molar-refractivity contribution in [1.29, 1.82) is 0 Å². The third kappa shape index (κ3) is 3.44.